The van der Waals surface area contributed by atoms with E-state index in [1.807, 2.05) is 57.2 Å². The average Bonchev–Trinajstić information content (AvgIpc) is 3.12. The second-order valence-electron chi connectivity index (χ2n) is 8.48. The Morgan fingerprint density at radius 1 is 1.03 bits per heavy atom. The molecule has 2 aromatic carbocycles. The van der Waals surface area contributed by atoms with Gasteiger partial charge in [-0.1, -0.05) is 43.7 Å². The van der Waals surface area contributed by atoms with Crippen LogP contribution in [0.3, 0.4) is 0 Å². The molecule has 7 nitrogen and oxygen atoms in total. The van der Waals surface area contributed by atoms with E-state index in [1.54, 1.807) is 6.07 Å². The molecule has 0 saturated carbocycles. The Bertz CT molecular complexity index is 1430. The highest BCUT2D eigenvalue weighted by Crippen LogP contribution is 2.37. The molecule has 34 heavy (non-hydrogen) atoms. The predicted octanol–water partition coefficient (Wildman–Crippen LogP) is 5.13. The van der Waals surface area contributed by atoms with Crippen molar-refractivity contribution in [2.24, 2.45) is 0 Å². The number of carbonyl (C=O) groups is 2. The number of hydrogen-bond acceptors (Lipinski definition) is 5. The molecule has 2 aromatic heterocycles. The number of benzene rings is 2. The van der Waals surface area contributed by atoms with Crippen molar-refractivity contribution in [1.29, 1.82) is 0 Å². The van der Waals surface area contributed by atoms with E-state index in [9.17, 15) is 19.5 Å². The summed E-state index contributed by atoms with van der Waals surface area (Å²) in [6.07, 6.45) is 1.13. The van der Waals surface area contributed by atoms with Crippen LogP contribution in [0.25, 0.3) is 33.1 Å². The molecule has 4 aromatic rings. The van der Waals surface area contributed by atoms with Gasteiger partial charge in [0.05, 0.1) is 0 Å². The van der Waals surface area contributed by atoms with Crippen molar-refractivity contribution in [2.75, 3.05) is 0 Å². The van der Waals surface area contributed by atoms with E-state index >= 15 is 0 Å². The fraction of sp³-hybridized carbons (Fsp3) is 0.296. The van der Waals surface area contributed by atoms with E-state index in [-0.39, 0.29) is 12.8 Å². The summed E-state index contributed by atoms with van der Waals surface area (Å²) < 4.78 is 11.5. The van der Waals surface area contributed by atoms with Gasteiger partial charge in [0, 0.05) is 34.4 Å². The third-order valence-electron chi connectivity index (χ3n) is 6.15. The minimum atomic E-state index is -1.06. The van der Waals surface area contributed by atoms with E-state index in [1.165, 1.54) is 0 Å². The SMILES string of the molecule is CCC[C@@H](NC(=O)CCc1c(C)c2cc3c(-c4ccccc4)c(C)oc3cc2oc1=O)C(=O)O. The van der Waals surface area contributed by atoms with Crippen molar-refractivity contribution in [1.82, 2.24) is 5.32 Å². The van der Waals surface area contributed by atoms with Gasteiger partial charge in [0.1, 0.15) is 23.0 Å². The van der Waals surface area contributed by atoms with Crippen LogP contribution in [0.2, 0.25) is 0 Å². The number of rotatable bonds is 8. The molecule has 2 heterocycles. The summed E-state index contributed by atoms with van der Waals surface area (Å²) in [6.45, 7) is 5.60. The maximum Gasteiger partial charge on any atom is 0.339 e. The van der Waals surface area contributed by atoms with Gasteiger partial charge < -0.3 is 19.3 Å². The first-order valence-corrected chi connectivity index (χ1v) is 11.4. The Morgan fingerprint density at radius 3 is 2.41 bits per heavy atom. The molecular formula is C27H27NO6. The summed E-state index contributed by atoms with van der Waals surface area (Å²) in [6, 6.07) is 12.7. The smallest absolute Gasteiger partial charge is 0.339 e. The quantitative estimate of drug-likeness (QED) is 0.352. The highest BCUT2D eigenvalue weighted by atomic mass is 16.4. The number of hydrogen-bond donors (Lipinski definition) is 2. The Labute approximate surface area is 196 Å². The third kappa shape index (κ3) is 4.46. The topological polar surface area (TPSA) is 110 Å². The van der Waals surface area contributed by atoms with Crippen molar-refractivity contribution < 1.29 is 23.5 Å². The van der Waals surface area contributed by atoms with Gasteiger partial charge in [0.2, 0.25) is 5.91 Å². The minimum Gasteiger partial charge on any atom is -0.480 e. The average molecular weight is 462 g/mol. The standard InChI is InChI=1S/C27H27NO6/c1-4-8-21(26(30)31)28-24(29)12-11-18-15(2)19-13-20-23(14-22(19)34-27(18)32)33-16(3)25(20)17-9-6-5-7-10-17/h5-7,9-10,13-14,21H,4,8,11-12H2,1-3H3,(H,28,29)(H,30,31)/t21-/m1/s1. The molecule has 4 rings (SSSR count). The van der Waals surface area contributed by atoms with Crippen molar-refractivity contribution in [3.05, 3.63) is 69.8 Å². The largest absolute Gasteiger partial charge is 0.480 e. The summed E-state index contributed by atoms with van der Waals surface area (Å²) >= 11 is 0. The molecule has 7 heteroatoms. The monoisotopic (exact) mass is 461 g/mol. The molecule has 0 spiro atoms. The second-order valence-corrected chi connectivity index (χ2v) is 8.48. The Hall–Kier alpha value is -3.87. The van der Waals surface area contributed by atoms with E-state index < -0.39 is 23.5 Å². The first-order valence-electron chi connectivity index (χ1n) is 11.4. The van der Waals surface area contributed by atoms with Crippen molar-refractivity contribution in [3.63, 3.8) is 0 Å². The highest BCUT2D eigenvalue weighted by molar-refractivity contribution is 6.03. The van der Waals surface area contributed by atoms with Crippen molar-refractivity contribution >= 4 is 33.8 Å². The maximum atomic E-state index is 12.7. The normalized spacial score (nSPS) is 12.2. The fourth-order valence-electron chi connectivity index (χ4n) is 4.41. The van der Waals surface area contributed by atoms with Crippen LogP contribution in [0.5, 0.6) is 0 Å². The molecule has 1 amide bonds. The lowest BCUT2D eigenvalue weighted by atomic mass is 9.98. The second kappa shape index (κ2) is 9.55. The Kier molecular flexibility index (Phi) is 6.54. The van der Waals surface area contributed by atoms with Crippen LogP contribution in [-0.2, 0) is 16.0 Å². The highest BCUT2D eigenvalue weighted by Gasteiger charge is 2.21. The zero-order valence-electron chi connectivity index (χ0n) is 19.4. The van der Waals surface area contributed by atoms with Crippen LogP contribution < -0.4 is 10.9 Å². The molecule has 0 aliphatic rings. The predicted molar refractivity (Wildman–Crippen MR) is 130 cm³/mol. The van der Waals surface area contributed by atoms with E-state index in [0.29, 0.717) is 29.6 Å². The molecular weight excluding hydrogens is 434 g/mol. The van der Waals surface area contributed by atoms with E-state index in [2.05, 4.69) is 5.32 Å². The molecule has 0 unspecified atom stereocenters. The van der Waals surface area contributed by atoms with Crippen LogP contribution in [0.15, 0.2) is 56.1 Å². The fourth-order valence-corrected chi connectivity index (χ4v) is 4.41. The first kappa shape index (κ1) is 23.3. The molecule has 0 saturated heterocycles. The molecule has 2 N–H and O–H groups in total. The zero-order valence-corrected chi connectivity index (χ0v) is 19.4. The number of carboxylic acid groups (broad SMARTS) is 1. The third-order valence-corrected chi connectivity index (χ3v) is 6.15. The van der Waals surface area contributed by atoms with Gasteiger partial charge in [-0.2, -0.15) is 0 Å². The molecule has 176 valence electrons. The zero-order chi connectivity index (χ0) is 24.4. The number of aryl methyl sites for hydroxylation is 2. The lowest BCUT2D eigenvalue weighted by Gasteiger charge is -2.14. The number of carbonyl (C=O) groups excluding carboxylic acids is 1. The van der Waals surface area contributed by atoms with Crippen LogP contribution in [0.4, 0.5) is 0 Å². The molecule has 0 fully saturated rings. The first-order chi connectivity index (χ1) is 16.3. The molecule has 0 aliphatic heterocycles. The summed E-state index contributed by atoms with van der Waals surface area (Å²) in [5.74, 6) is -0.703. The van der Waals surface area contributed by atoms with Crippen molar-refractivity contribution in [3.8, 4) is 11.1 Å². The minimum absolute atomic E-state index is 0.00701. The number of nitrogens with one attached hydrogen (secondary N) is 1. The van der Waals surface area contributed by atoms with Crippen LogP contribution >= 0.6 is 0 Å². The summed E-state index contributed by atoms with van der Waals surface area (Å²) in [4.78, 5) is 36.4. The summed E-state index contributed by atoms with van der Waals surface area (Å²) in [7, 11) is 0. The number of fused-ring (bicyclic) bond motifs is 2. The molecule has 0 radical (unpaired) electrons. The summed E-state index contributed by atoms with van der Waals surface area (Å²) in [5, 5.41) is 13.5. The number of amides is 1. The summed E-state index contributed by atoms with van der Waals surface area (Å²) in [5.41, 5.74) is 3.71. The van der Waals surface area contributed by atoms with Gasteiger partial charge in [0.25, 0.3) is 0 Å². The Morgan fingerprint density at radius 2 is 1.74 bits per heavy atom. The number of carboxylic acids is 1. The number of furan rings is 1. The van der Waals surface area contributed by atoms with E-state index in [4.69, 9.17) is 8.83 Å². The van der Waals surface area contributed by atoms with Gasteiger partial charge in [-0.25, -0.2) is 9.59 Å². The van der Waals surface area contributed by atoms with Gasteiger partial charge in [-0.05, 0) is 43.9 Å². The van der Waals surface area contributed by atoms with Gasteiger partial charge in [-0.3, -0.25) is 4.79 Å². The van der Waals surface area contributed by atoms with Gasteiger partial charge in [-0.15, -0.1) is 0 Å². The molecule has 0 bridgehead atoms. The van der Waals surface area contributed by atoms with Crippen LogP contribution in [0.1, 0.15) is 43.1 Å². The lowest BCUT2D eigenvalue weighted by Crippen LogP contribution is -2.40. The van der Waals surface area contributed by atoms with Crippen LogP contribution in [0, 0.1) is 13.8 Å². The molecule has 0 aliphatic carbocycles. The maximum absolute atomic E-state index is 12.7. The van der Waals surface area contributed by atoms with Crippen LogP contribution in [-0.4, -0.2) is 23.0 Å². The van der Waals surface area contributed by atoms with Crippen molar-refractivity contribution in [2.45, 2.75) is 52.5 Å². The Balaban J connectivity index is 1.69. The number of aliphatic carboxylic acids is 1. The molecule has 1 atom stereocenters. The van der Waals surface area contributed by atoms with E-state index in [0.717, 1.165) is 33.2 Å². The lowest BCUT2D eigenvalue weighted by molar-refractivity contribution is -0.142. The van der Waals surface area contributed by atoms with Gasteiger partial charge in [0.15, 0.2) is 0 Å². The van der Waals surface area contributed by atoms with Gasteiger partial charge >= 0.3 is 11.6 Å².